The Morgan fingerprint density at radius 2 is 2.39 bits per heavy atom. The minimum absolute atomic E-state index is 0.139. The van der Waals surface area contributed by atoms with E-state index in [1.807, 2.05) is 29.2 Å². The van der Waals surface area contributed by atoms with Gasteiger partial charge in [-0.05, 0) is 30.7 Å². The van der Waals surface area contributed by atoms with Gasteiger partial charge in [0.25, 0.3) is 0 Å². The molecule has 2 aliphatic rings. The Bertz CT molecular complexity index is 472. The number of nitrogens with zero attached hydrogens (tertiary/aromatic N) is 1. The van der Waals surface area contributed by atoms with Gasteiger partial charge in [0.15, 0.2) is 0 Å². The molecule has 1 aromatic carbocycles. The van der Waals surface area contributed by atoms with E-state index in [2.05, 4.69) is 21.2 Å². The number of carbonyl (C=O) groups excluding carboxylic acids is 1. The number of halogens is 1. The summed E-state index contributed by atoms with van der Waals surface area (Å²) < 4.78 is 6.27. The first-order chi connectivity index (χ1) is 8.70. The van der Waals surface area contributed by atoms with Gasteiger partial charge in [-0.1, -0.05) is 28.1 Å². The van der Waals surface area contributed by atoms with Crippen LogP contribution >= 0.6 is 15.9 Å². The molecule has 0 bridgehead atoms. The van der Waals surface area contributed by atoms with E-state index in [1.54, 1.807) is 0 Å². The third-order valence-electron chi connectivity index (χ3n) is 3.71. The highest BCUT2D eigenvalue weighted by Crippen LogP contribution is 2.32. The van der Waals surface area contributed by atoms with E-state index in [-0.39, 0.29) is 11.6 Å². The van der Waals surface area contributed by atoms with Crippen LogP contribution in [0.5, 0.6) is 0 Å². The second-order valence-electron chi connectivity index (χ2n) is 4.92. The number of rotatable bonds is 2. The first kappa shape index (κ1) is 12.0. The van der Waals surface area contributed by atoms with Crippen molar-refractivity contribution < 1.29 is 9.53 Å². The van der Waals surface area contributed by atoms with Gasteiger partial charge in [-0.3, -0.25) is 4.90 Å². The van der Waals surface area contributed by atoms with Crippen molar-refractivity contribution in [2.75, 3.05) is 19.7 Å². The van der Waals surface area contributed by atoms with E-state index in [0.717, 1.165) is 29.5 Å². The molecule has 0 aromatic heterocycles. The fraction of sp³-hybridized carbons (Fsp3) is 0.462. The van der Waals surface area contributed by atoms with Crippen molar-refractivity contribution in [2.24, 2.45) is 0 Å². The minimum atomic E-state index is -0.196. The lowest BCUT2D eigenvalue weighted by Gasteiger charge is -2.30. The highest BCUT2D eigenvalue weighted by atomic mass is 79.9. The molecule has 18 heavy (non-hydrogen) atoms. The summed E-state index contributed by atoms with van der Waals surface area (Å²) >= 11 is 3.45. The minimum Gasteiger partial charge on any atom is -0.447 e. The zero-order valence-corrected chi connectivity index (χ0v) is 11.6. The van der Waals surface area contributed by atoms with Gasteiger partial charge < -0.3 is 10.1 Å². The molecule has 0 radical (unpaired) electrons. The monoisotopic (exact) mass is 310 g/mol. The molecule has 1 unspecified atom stereocenters. The van der Waals surface area contributed by atoms with Crippen LogP contribution in [0.1, 0.15) is 12.0 Å². The van der Waals surface area contributed by atoms with E-state index in [4.69, 9.17) is 4.74 Å². The predicted molar refractivity (Wildman–Crippen MR) is 71.3 cm³/mol. The van der Waals surface area contributed by atoms with Crippen LogP contribution in [-0.4, -0.2) is 36.2 Å². The molecule has 2 saturated heterocycles. The van der Waals surface area contributed by atoms with Crippen LogP contribution in [0.3, 0.4) is 0 Å². The van der Waals surface area contributed by atoms with Crippen LogP contribution in [0.25, 0.3) is 0 Å². The maximum atomic E-state index is 11.9. The summed E-state index contributed by atoms with van der Waals surface area (Å²) in [6, 6.07) is 8.05. The van der Waals surface area contributed by atoms with Crippen LogP contribution in [0.15, 0.2) is 28.7 Å². The van der Waals surface area contributed by atoms with E-state index < -0.39 is 0 Å². The maximum Gasteiger partial charge on any atom is 0.410 e. The largest absolute Gasteiger partial charge is 0.447 e. The first-order valence-electron chi connectivity index (χ1n) is 6.09. The fourth-order valence-corrected chi connectivity index (χ4v) is 3.13. The third-order valence-corrected chi connectivity index (χ3v) is 4.20. The fourth-order valence-electron chi connectivity index (χ4n) is 2.68. The Balaban J connectivity index is 1.83. The number of cyclic esters (lactones) is 1. The molecule has 1 N–H and O–H groups in total. The number of hydrogen-bond donors (Lipinski definition) is 1. The topological polar surface area (TPSA) is 41.6 Å². The van der Waals surface area contributed by atoms with Crippen LogP contribution in [0.2, 0.25) is 0 Å². The van der Waals surface area contributed by atoms with Gasteiger partial charge in [0.2, 0.25) is 0 Å². The van der Waals surface area contributed by atoms with Gasteiger partial charge in [-0.15, -0.1) is 0 Å². The summed E-state index contributed by atoms with van der Waals surface area (Å²) in [5.41, 5.74) is 0.980. The van der Waals surface area contributed by atoms with Crippen LogP contribution in [0, 0.1) is 0 Å². The van der Waals surface area contributed by atoms with Gasteiger partial charge in [0.05, 0.1) is 5.54 Å². The van der Waals surface area contributed by atoms with Crippen molar-refractivity contribution in [1.82, 2.24) is 10.2 Å². The van der Waals surface area contributed by atoms with Crippen LogP contribution < -0.4 is 5.32 Å². The van der Waals surface area contributed by atoms with E-state index in [1.165, 1.54) is 0 Å². The zero-order chi connectivity index (χ0) is 12.6. The molecule has 2 fully saturated rings. The van der Waals surface area contributed by atoms with Crippen molar-refractivity contribution in [1.29, 1.82) is 0 Å². The summed E-state index contributed by atoms with van der Waals surface area (Å²) in [7, 11) is 0. The van der Waals surface area contributed by atoms with Gasteiger partial charge in [0, 0.05) is 17.6 Å². The lowest BCUT2D eigenvalue weighted by Crippen LogP contribution is -2.48. The molecule has 1 amide bonds. The second kappa shape index (κ2) is 4.55. The molecule has 0 saturated carbocycles. The summed E-state index contributed by atoms with van der Waals surface area (Å²) in [5, 5.41) is 3.32. The van der Waals surface area contributed by atoms with Crippen molar-refractivity contribution in [3.05, 3.63) is 34.3 Å². The lowest BCUT2D eigenvalue weighted by atomic mass is 9.98. The summed E-state index contributed by atoms with van der Waals surface area (Å²) in [6.07, 6.45) is 0.769. The predicted octanol–water partition coefficient (Wildman–Crippen LogP) is 2.13. The smallest absolute Gasteiger partial charge is 0.410 e. The molecule has 96 valence electrons. The molecule has 1 aromatic rings. The number of ether oxygens (including phenoxy) is 1. The molecule has 5 heteroatoms. The SMILES string of the molecule is O=C1OCC2(CCNC2)N1Cc1cccc(Br)c1. The number of benzene rings is 1. The van der Waals surface area contributed by atoms with Crippen LogP contribution in [-0.2, 0) is 11.3 Å². The van der Waals surface area contributed by atoms with Crippen LogP contribution in [0.4, 0.5) is 4.79 Å². The molecule has 1 spiro atoms. The van der Waals surface area contributed by atoms with E-state index >= 15 is 0 Å². The van der Waals surface area contributed by atoms with Gasteiger partial charge in [-0.25, -0.2) is 4.79 Å². The number of nitrogens with one attached hydrogen (secondary N) is 1. The second-order valence-corrected chi connectivity index (χ2v) is 5.84. The summed E-state index contributed by atoms with van der Waals surface area (Å²) in [4.78, 5) is 13.8. The van der Waals surface area contributed by atoms with Crippen molar-refractivity contribution in [3.63, 3.8) is 0 Å². The third kappa shape index (κ3) is 2.01. The van der Waals surface area contributed by atoms with Crippen molar-refractivity contribution >= 4 is 22.0 Å². The first-order valence-corrected chi connectivity index (χ1v) is 6.89. The molecule has 2 aliphatic heterocycles. The standard InChI is InChI=1S/C13H15BrN2O2/c14-11-3-1-2-10(6-11)7-16-12(17)18-9-13(16)4-5-15-8-13/h1-3,6,15H,4-5,7-9H2. The lowest BCUT2D eigenvalue weighted by molar-refractivity contribution is 0.150. The molecule has 4 nitrogen and oxygen atoms in total. The molecular formula is C13H15BrN2O2. The van der Waals surface area contributed by atoms with Gasteiger partial charge in [-0.2, -0.15) is 0 Å². The number of carbonyl (C=O) groups is 1. The van der Waals surface area contributed by atoms with Gasteiger partial charge in [0.1, 0.15) is 6.61 Å². The Kier molecular flexibility index (Phi) is 3.03. The maximum absolute atomic E-state index is 11.9. The quantitative estimate of drug-likeness (QED) is 0.910. The molecule has 2 heterocycles. The highest BCUT2D eigenvalue weighted by Gasteiger charge is 2.48. The highest BCUT2D eigenvalue weighted by molar-refractivity contribution is 9.10. The Labute approximate surface area is 114 Å². The van der Waals surface area contributed by atoms with Crippen molar-refractivity contribution in [2.45, 2.75) is 18.5 Å². The number of amides is 1. The Morgan fingerprint density at radius 3 is 3.11 bits per heavy atom. The summed E-state index contributed by atoms with van der Waals surface area (Å²) in [6.45, 7) is 2.89. The molecule has 3 rings (SSSR count). The molecule has 1 atom stereocenters. The van der Waals surface area contributed by atoms with Crippen molar-refractivity contribution in [3.8, 4) is 0 Å². The molecule has 0 aliphatic carbocycles. The Morgan fingerprint density at radius 1 is 1.50 bits per heavy atom. The van der Waals surface area contributed by atoms with Gasteiger partial charge >= 0.3 is 6.09 Å². The number of hydrogen-bond acceptors (Lipinski definition) is 3. The summed E-state index contributed by atoms with van der Waals surface area (Å²) in [5.74, 6) is 0. The average molecular weight is 311 g/mol. The average Bonchev–Trinajstić information content (AvgIpc) is 2.93. The normalized spacial score (nSPS) is 26.9. The van der Waals surface area contributed by atoms with E-state index in [9.17, 15) is 4.79 Å². The molecular weight excluding hydrogens is 296 g/mol. The zero-order valence-electron chi connectivity index (χ0n) is 9.99. The Hall–Kier alpha value is -1.07. The van der Waals surface area contributed by atoms with E-state index in [0.29, 0.717) is 13.2 Å².